The minimum atomic E-state index is -0.845. The Morgan fingerprint density at radius 1 is 1.38 bits per heavy atom. The van der Waals surface area contributed by atoms with Gasteiger partial charge in [0.15, 0.2) is 0 Å². The number of aliphatic hydroxyl groups excluding tert-OH is 1. The third-order valence-corrected chi connectivity index (χ3v) is 4.46. The van der Waals surface area contributed by atoms with Gasteiger partial charge in [-0.2, -0.15) is 0 Å². The predicted molar refractivity (Wildman–Crippen MR) is 92.7 cm³/mol. The van der Waals surface area contributed by atoms with Gasteiger partial charge in [-0.15, -0.1) is 11.3 Å². The number of furan rings is 1. The molecule has 24 heavy (non-hydrogen) atoms. The summed E-state index contributed by atoms with van der Waals surface area (Å²) in [6, 6.07) is 11.5. The third-order valence-electron chi connectivity index (χ3n) is 3.52. The lowest BCUT2D eigenvalue weighted by Crippen LogP contribution is -2.29. The van der Waals surface area contributed by atoms with Gasteiger partial charge in [0.2, 0.25) is 5.91 Å². The highest BCUT2D eigenvalue weighted by atomic mass is 32.1. The van der Waals surface area contributed by atoms with Crippen molar-refractivity contribution in [3.8, 4) is 10.6 Å². The number of aliphatic hydroxyl groups is 1. The molecule has 1 aromatic carbocycles. The number of nitrogens with one attached hydrogen (secondary N) is 1. The quantitative estimate of drug-likeness (QED) is 0.722. The van der Waals surface area contributed by atoms with Crippen LogP contribution in [0.25, 0.3) is 10.6 Å². The normalized spacial score (nSPS) is 12.1. The molecular weight excluding hydrogens is 324 g/mol. The molecule has 0 aliphatic heterocycles. The average molecular weight is 342 g/mol. The maximum atomic E-state index is 12.0. The molecule has 0 saturated carbocycles. The van der Waals surface area contributed by atoms with E-state index in [1.807, 2.05) is 30.5 Å². The molecule has 2 heterocycles. The summed E-state index contributed by atoms with van der Waals surface area (Å²) >= 11 is 1.52. The van der Waals surface area contributed by atoms with E-state index < -0.39 is 6.10 Å². The smallest absolute Gasteiger partial charge is 0.226 e. The molecule has 6 heteroatoms. The number of nitrogens with zero attached hydrogens (tertiary/aromatic N) is 1. The monoisotopic (exact) mass is 342 g/mol. The fraction of sp³-hybridized carbons (Fsp3) is 0.222. The molecule has 0 saturated heterocycles. The van der Waals surface area contributed by atoms with Gasteiger partial charge in [-0.3, -0.25) is 4.79 Å². The Hall–Kier alpha value is -2.44. The van der Waals surface area contributed by atoms with E-state index in [2.05, 4.69) is 16.4 Å². The van der Waals surface area contributed by atoms with Crippen LogP contribution >= 0.6 is 11.3 Å². The van der Waals surface area contributed by atoms with Crippen LogP contribution in [-0.4, -0.2) is 22.5 Å². The van der Waals surface area contributed by atoms with Crippen LogP contribution in [0.1, 0.15) is 23.1 Å². The van der Waals surface area contributed by atoms with Crippen LogP contribution in [0.5, 0.6) is 0 Å². The Kier molecular flexibility index (Phi) is 5.08. The Bertz CT molecular complexity index is 811. The van der Waals surface area contributed by atoms with Crippen LogP contribution in [0, 0.1) is 6.92 Å². The predicted octanol–water partition coefficient (Wildman–Crippen LogP) is 3.10. The highest BCUT2D eigenvalue weighted by Crippen LogP contribution is 2.24. The molecule has 0 fully saturated rings. The molecular formula is C18H18N2O3S. The highest BCUT2D eigenvalue weighted by Gasteiger charge is 2.13. The Balaban J connectivity index is 1.55. The van der Waals surface area contributed by atoms with E-state index in [0.29, 0.717) is 5.76 Å². The zero-order valence-corrected chi connectivity index (χ0v) is 14.0. The summed E-state index contributed by atoms with van der Waals surface area (Å²) < 4.78 is 5.10. The third kappa shape index (κ3) is 4.10. The highest BCUT2D eigenvalue weighted by molar-refractivity contribution is 7.13. The summed E-state index contributed by atoms with van der Waals surface area (Å²) in [6.07, 6.45) is 0.831. The first-order valence-corrected chi connectivity index (χ1v) is 8.49. The molecule has 3 rings (SSSR count). The SMILES string of the molecule is Cc1cccc(-c2nc(CC(=O)NCC(O)c3ccco3)cs2)c1. The van der Waals surface area contributed by atoms with Crippen molar-refractivity contribution in [2.75, 3.05) is 6.54 Å². The minimum absolute atomic E-state index is 0.112. The second-order valence-electron chi connectivity index (χ2n) is 5.53. The van der Waals surface area contributed by atoms with Gasteiger partial charge >= 0.3 is 0 Å². The van der Waals surface area contributed by atoms with Crippen LogP contribution in [-0.2, 0) is 11.2 Å². The number of thiazole rings is 1. The topological polar surface area (TPSA) is 75.4 Å². The molecule has 2 N–H and O–H groups in total. The second-order valence-corrected chi connectivity index (χ2v) is 6.38. The van der Waals surface area contributed by atoms with Gasteiger partial charge in [-0.1, -0.05) is 23.8 Å². The first-order chi connectivity index (χ1) is 11.6. The Morgan fingerprint density at radius 2 is 2.25 bits per heavy atom. The van der Waals surface area contributed by atoms with E-state index in [0.717, 1.165) is 16.3 Å². The van der Waals surface area contributed by atoms with Gasteiger partial charge in [-0.05, 0) is 25.1 Å². The molecule has 0 aliphatic carbocycles. The summed E-state index contributed by atoms with van der Waals surface area (Å²) in [5.41, 5.74) is 2.95. The number of aromatic nitrogens is 1. The van der Waals surface area contributed by atoms with Gasteiger partial charge in [0, 0.05) is 10.9 Å². The lowest BCUT2D eigenvalue weighted by atomic mass is 10.1. The molecule has 0 bridgehead atoms. The first-order valence-electron chi connectivity index (χ1n) is 7.61. The number of hydrogen-bond donors (Lipinski definition) is 2. The zero-order chi connectivity index (χ0) is 16.9. The molecule has 1 atom stereocenters. The van der Waals surface area contributed by atoms with Crippen molar-refractivity contribution >= 4 is 17.2 Å². The van der Waals surface area contributed by atoms with Crippen molar-refractivity contribution in [1.82, 2.24) is 10.3 Å². The van der Waals surface area contributed by atoms with E-state index in [1.165, 1.54) is 23.2 Å². The van der Waals surface area contributed by atoms with Gasteiger partial charge in [0.25, 0.3) is 0 Å². The van der Waals surface area contributed by atoms with E-state index >= 15 is 0 Å². The maximum Gasteiger partial charge on any atom is 0.226 e. The van der Waals surface area contributed by atoms with Gasteiger partial charge < -0.3 is 14.8 Å². The van der Waals surface area contributed by atoms with Crippen LogP contribution < -0.4 is 5.32 Å². The molecule has 3 aromatic rings. The number of carbonyl (C=O) groups excluding carboxylic acids is 1. The van der Waals surface area contributed by atoms with Crippen molar-refractivity contribution < 1.29 is 14.3 Å². The van der Waals surface area contributed by atoms with E-state index in [-0.39, 0.29) is 18.9 Å². The van der Waals surface area contributed by atoms with E-state index in [1.54, 1.807) is 12.1 Å². The van der Waals surface area contributed by atoms with Crippen molar-refractivity contribution in [3.05, 3.63) is 65.1 Å². The van der Waals surface area contributed by atoms with Crippen molar-refractivity contribution in [3.63, 3.8) is 0 Å². The molecule has 0 radical (unpaired) electrons. The summed E-state index contributed by atoms with van der Waals surface area (Å²) in [5.74, 6) is 0.257. The number of hydrogen-bond acceptors (Lipinski definition) is 5. The van der Waals surface area contributed by atoms with E-state index in [4.69, 9.17) is 4.42 Å². The van der Waals surface area contributed by atoms with Gasteiger partial charge in [0.05, 0.1) is 24.9 Å². The number of carbonyl (C=O) groups is 1. The number of amides is 1. The lowest BCUT2D eigenvalue weighted by molar-refractivity contribution is -0.121. The molecule has 1 amide bonds. The minimum Gasteiger partial charge on any atom is -0.467 e. The van der Waals surface area contributed by atoms with E-state index in [9.17, 15) is 9.90 Å². The molecule has 124 valence electrons. The molecule has 1 unspecified atom stereocenters. The largest absolute Gasteiger partial charge is 0.467 e. The Labute approximate surface area is 144 Å². The van der Waals surface area contributed by atoms with Crippen molar-refractivity contribution in [2.45, 2.75) is 19.4 Å². The van der Waals surface area contributed by atoms with Crippen molar-refractivity contribution in [1.29, 1.82) is 0 Å². The second kappa shape index (κ2) is 7.42. The average Bonchev–Trinajstić information content (AvgIpc) is 3.24. The molecule has 2 aromatic heterocycles. The fourth-order valence-electron chi connectivity index (χ4n) is 2.32. The van der Waals surface area contributed by atoms with Crippen molar-refractivity contribution in [2.24, 2.45) is 0 Å². The standard InChI is InChI=1S/C18H18N2O3S/c1-12-4-2-5-13(8-12)18-20-14(11-24-18)9-17(22)19-10-15(21)16-6-3-7-23-16/h2-8,11,15,21H,9-10H2,1H3,(H,19,22). The van der Waals surface area contributed by atoms with Crippen LogP contribution in [0.3, 0.4) is 0 Å². The summed E-state index contributed by atoms with van der Waals surface area (Å²) in [5, 5.41) is 15.4. The number of aryl methyl sites for hydroxylation is 1. The van der Waals surface area contributed by atoms with Crippen LogP contribution in [0.4, 0.5) is 0 Å². The molecule has 0 aliphatic rings. The van der Waals surface area contributed by atoms with Crippen LogP contribution in [0.15, 0.2) is 52.5 Å². The Morgan fingerprint density at radius 3 is 3.00 bits per heavy atom. The summed E-state index contributed by atoms with van der Waals surface area (Å²) in [4.78, 5) is 16.5. The van der Waals surface area contributed by atoms with Gasteiger partial charge in [0.1, 0.15) is 16.9 Å². The maximum absolute atomic E-state index is 12.0. The fourth-order valence-corrected chi connectivity index (χ4v) is 3.13. The summed E-state index contributed by atoms with van der Waals surface area (Å²) in [6.45, 7) is 2.15. The van der Waals surface area contributed by atoms with Gasteiger partial charge in [-0.25, -0.2) is 4.98 Å². The molecule has 0 spiro atoms. The first kappa shape index (κ1) is 16.4. The zero-order valence-electron chi connectivity index (χ0n) is 13.2. The number of rotatable bonds is 6. The number of benzene rings is 1. The lowest BCUT2D eigenvalue weighted by Gasteiger charge is -2.08. The van der Waals surface area contributed by atoms with Crippen LogP contribution in [0.2, 0.25) is 0 Å². The molecule has 5 nitrogen and oxygen atoms in total. The summed E-state index contributed by atoms with van der Waals surface area (Å²) in [7, 11) is 0.